The van der Waals surface area contributed by atoms with E-state index in [4.69, 9.17) is 10.5 Å². The predicted octanol–water partition coefficient (Wildman–Crippen LogP) is 3.78. The van der Waals surface area contributed by atoms with Gasteiger partial charge < -0.3 is 10.5 Å². The van der Waals surface area contributed by atoms with Crippen LogP contribution in [-0.4, -0.2) is 4.98 Å². The summed E-state index contributed by atoms with van der Waals surface area (Å²) in [6, 6.07) is 6.25. The van der Waals surface area contributed by atoms with E-state index < -0.39 is 11.7 Å². The highest BCUT2D eigenvalue weighted by Crippen LogP contribution is 2.35. The average Bonchev–Trinajstić information content (AvgIpc) is 2.30. The van der Waals surface area contributed by atoms with E-state index >= 15 is 0 Å². The normalized spacial score (nSPS) is 11.4. The molecule has 3 nitrogen and oxygen atoms in total. The number of aryl methyl sites for hydroxylation is 1. The number of ether oxygens (including phenoxy) is 1. The van der Waals surface area contributed by atoms with Crippen LogP contribution >= 0.6 is 0 Å². The Morgan fingerprint density at radius 2 is 1.89 bits per heavy atom. The smallest absolute Gasteiger partial charge is 0.416 e. The maximum absolute atomic E-state index is 12.5. The Balaban J connectivity index is 2.27. The van der Waals surface area contributed by atoms with Gasteiger partial charge in [0.05, 0.1) is 11.3 Å². The van der Waals surface area contributed by atoms with E-state index in [1.165, 1.54) is 6.07 Å². The topological polar surface area (TPSA) is 48.1 Å². The zero-order valence-corrected chi connectivity index (χ0v) is 10.0. The van der Waals surface area contributed by atoms with Crippen molar-refractivity contribution < 1.29 is 17.9 Å². The molecule has 2 aromatic rings. The van der Waals surface area contributed by atoms with Crippen LogP contribution in [0, 0.1) is 6.92 Å². The third kappa shape index (κ3) is 3.15. The van der Waals surface area contributed by atoms with Crippen molar-refractivity contribution in [3.8, 4) is 11.5 Å². The lowest BCUT2D eigenvalue weighted by Gasteiger charge is -2.12. The molecule has 0 saturated carbocycles. The Kier molecular flexibility index (Phi) is 3.33. The summed E-state index contributed by atoms with van der Waals surface area (Å²) in [4.78, 5) is 3.99. The van der Waals surface area contributed by atoms with Crippen LogP contribution in [0.2, 0.25) is 0 Å². The summed E-state index contributed by atoms with van der Waals surface area (Å²) in [6.07, 6.45) is -2.87. The minimum atomic E-state index is -4.42. The lowest BCUT2D eigenvalue weighted by molar-refractivity contribution is -0.137. The number of nitrogens with zero attached hydrogens (tertiary/aromatic N) is 1. The maximum Gasteiger partial charge on any atom is 0.416 e. The molecule has 0 fully saturated rings. The molecule has 0 amide bonds. The lowest BCUT2D eigenvalue weighted by atomic mass is 10.2. The van der Waals surface area contributed by atoms with Crippen molar-refractivity contribution in [2.45, 2.75) is 13.1 Å². The van der Waals surface area contributed by atoms with Gasteiger partial charge in [-0.2, -0.15) is 13.2 Å². The summed E-state index contributed by atoms with van der Waals surface area (Å²) in [5.74, 6) is 0.651. The highest BCUT2D eigenvalue weighted by Gasteiger charge is 2.30. The zero-order chi connectivity index (χ0) is 14.0. The summed E-state index contributed by atoms with van der Waals surface area (Å²) in [7, 11) is 0. The number of alkyl halides is 3. The van der Waals surface area contributed by atoms with E-state index in [0.717, 1.165) is 17.8 Å². The van der Waals surface area contributed by atoms with Crippen molar-refractivity contribution in [3.05, 3.63) is 47.8 Å². The summed E-state index contributed by atoms with van der Waals surface area (Å²) < 4.78 is 42.8. The number of nitrogen functional groups attached to an aromatic ring is 1. The Hall–Kier alpha value is -2.24. The standard InChI is InChI=1S/C13H11F3N2O/c1-8-6-10(4-5-18-8)19-12-3-2-9(7-11(12)17)13(14,15)16/h2-7H,17H2,1H3. The van der Waals surface area contributed by atoms with Gasteiger partial charge in [-0.25, -0.2) is 0 Å². The minimum Gasteiger partial charge on any atom is -0.455 e. The van der Waals surface area contributed by atoms with Crippen LogP contribution in [0.25, 0.3) is 0 Å². The number of benzene rings is 1. The van der Waals surface area contributed by atoms with Gasteiger partial charge in [0.2, 0.25) is 0 Å². The number of halogens is 3. The molecule has 0 aliphatic heterocycles. The van der Waals surface area contributed by atoms with Gasteiger partial charge >= 0.3 is 6.18 Å². The van der Waals surface area contributed by atoms with E-state index in [1.807, 2.05) is 0 Å². The van der Waals surface area contributed by atoms with Crippen LogP contribution in [0.5, 0.6) is 11.5 Å². The first-order valence-electron chi connectivity index (χ1n) is 5.43. The molecule has 100 valence electrons. The molecule has 0 spiro atoms. The number of nitrogens with two attached hydrogens (primary N) is 1. The predicted molar refractivity (Wildman–Crippen MR) is 64.9 cm³/mol. The van der Waals surface area contributed by atoms with Crippen LogP contribution in [0.4, 0.5) is 18.9 Å². The van der Waals surface area contributed by atoms with Gasteiger partial charge in [-0.05, 0) is 31.2 Å². The quantitative estimate of drug-likeness (QED) is 0.843. The fraction of sp³-hybridized carbons (Fsp3) is 0.154. The molecular formula is C13H11F3N2O. The summed E-state index contributed by atoms with van der Waals surface area (Å²) in [5.41, 5.74) is 5.43. The molecule has 2 rings (SSSR count). The Morgan fingerprint density at radius 3 is 2.47 bits per heavy atom. The first-order valence-corrected chi connectivity index (χ1v) is 5.43. The molecule has 1 aromatic carbocycles. The van der Waals surface area contributed by atoms with Gasteiger partial charge in [-0.3, -0.25) is 4.98 Å². The average molecular weight is 268 g/mol. The zero-order valence-electron chi connectivity index (χ0n) is 10.0. The summed E-state index contributed by atoms with van der Waals surface area (Å²) >= 11 is 0. The van der Waals surface area contributed by atoms with Crippen LogP contribution in [0.3, 0.4) is 0 Å². The second kappa shape index (κ2) is 4.79. The first kappa shape index (κ1) is 13.2. The number of hydrogen-bond acceptors (Lipinski definition) is 3. The highest BCUT2D eigenvalue weighted by atomic mass is 19.4. The number of pyridine rings is 1. The Morgan fingerprint density at radius 1 is 1.16 bits per heavy atom. The molecule has 0 radical (unpaired) electrons. The minimum absolute atomic E-state index is 0.0655. The molecule has 1 heterocycles. The highest BCUT2D eigenvalue weighted by molar-refractivity contribution is 5.56. The molecule has 6 heteroatoms. The fourth-order valence-electron chi connectivity index (χ4n) is 1.53. The number of aromatic nitrogens is 1. The molecule has 0 atom stereocenters. The van der Waals surface area contributed by atoms with E-state index in [9.17, 15) is 13.2 Å². The van der Waals surface area contributed by atoms with Crippen molar-refractivity contribution in [2.24, 2.45) is 0 Å². The third-order valence-corrected chi connectivity index (χ3v) is 2.43. The fourth-order valence-corrected chi connectivity index (χ4v) is 1.53. The summed E-state index contributed by atoms with van der Waals surface area (Å²) in [6.45, 7) is 1.78. The monoisotopic (exact) mass is 268 g/mol. The van der Waals surface area contributed by atoms with Gasteiger partial charge in [0.1, 0.15) is 11.5 Å². The van der Waals surface area contributed by atoms with Crippen LogP contribution in [0.1, 0.15) is 11.3 Å². The number of rotatable bonds is 2. The Labute approximate surface area is 107 Å². The van der Waals surface area contributed by atoms with Crippen molar-refractivity contribution in [1.29, 1.82) is 0 Å². The second-order valence-corrected chi connectivity index (χ2v) is 3.99. The van der Waals surface area contributed by atoms with Crippen LogP contribution in [0.15, 0.2) is 36.5 Å². The lowest BCUT2D eigenvalue weighted by Crippen LogP contribution is -2.06. The first-order chi connectivity index (χ1) is 8.86. The molecule has 0 saturated heterocycles. The van der Waals surface area contributed by atoms with Crippen molar-refractivity contribution in [2.75, 3.05) is 5.73 Å². The molecule has 0 aliphatic rings. The Bertz CT molecular complexity index is 597. The molecule has 2 N–H and O–H groups in total. The summed E-state index contributed by atoms with van der Waals surface area (Å²) in [5, 5.41) is 0. The SMILES string of the molecule is Cc1cc(Oc2ccc(C(F)(F)F)cc2N)ccn1. The molecule has 19 heavy (non-hydrogen) atoms. The van der Waals surface area contributed by atoms with E-state index in [1.54, 1.807) is 25.3 Å². The number of anilines is 1. The van der Waals surface area contributed by atoms with Crippen molar-refractivity contribution >= 4 is 5.69 Å². The second-order valence-electron chi connectivity index (χ2n) is 3.99. The molecule has 0 aliphatic carbocycles. The molecule has 1 aromatic heterocycles. The third-order valence-electron chi connectivity index (χ3n) is 2.43. The largest absolute Gasteiger partial charge is 0.455 e. The van der Waals surface area contributed by atoms with Crippen molar-refractivity contribution in [1.82, 2.24) is 4.98 Å². The van der Waals surface area contributed by atoms with Crippen molar-refractivity contribution in [3.63, 3.8) is 0 Å². The number of hydrogen-bond donors (Lipinski definition) is 1. The van der Waals surface area contributed by atoms with E-state index in [2.05, 4.69) is 4.98 Å². The van der Waals surface area contributed by atoms with Gasteiger partial charge in [-0.15, -0.1) is 0 Å². The molecule has 0 unspecified atom stereocenters. The van der Waals surface area contributed by atoms with Crippen LogP contribution in [-0.2, 0) is 6.18 Å². The van der Waals surface area contributed by atoms with Gasteiger partial charge in [0.25, 0.3) is 0 Å². The van der Waals surface area contributed by atoms with Gasteiger partial charge in [0.15, 0.2) is 0 Å². The van der Waals surface area contributed by atoms with Gasteiger partial charge in [-0.1, -0.05) is 0 Å². The van der Waals surface area contributed by atoms with E-state index in [0.29, 0.717) is 5.75 Å². The maximum atomic E-state index is 12.5. The van der Waals surface area contributed by atoms with Crippen LogP contribution < -0.4 is 10.5 Å². The van der Waals surface area contributed by atoms with E-state index in [-0.39, 0.29) is 11.4 Å². The molecular weight excluding hydrogens is 257 g/mol. The molecule has 0 bridgehead atoms. The van der Waals surface area contributed by atoms with Gasteiger partial charge in [0, 0.05) is 18.0 Å².